The number of benzene rings is 1. The smallest absolute Gasteiger partial charge is 0.132 e. The second-order valence-corrected chi connectivity index (χ2v) is 4.74. The summed E-state index contributed by atoms with van der Waals surface area (Å²) in [6.07, 6.45) is 1.74. The molecule has 1 N–H and O–H groups in total. The normalized spacial score (nSPS) is 10.5. The van der Waals surface area contributed by atoms with Crippen LogP contribution >= 0.6 is 11.6 Å². The minimum atomic E-state index is 0.547. The zero-order chi connectivity index (χ0) is 13.7. The van der Waals surface area contributed by atoms with Gasteiger partial charge in [0.25, 0.3) is 0 Å². The van der Waals surface area contributed by atoms with Crippen LogP contribution in [-0.4, -0.2) is 12.1 Å². The Balaban J connectivity index is 2.07. The molecule has 0 amide bonds. The minimum absolute atomic E-state index is 0.547. The first-order valence-electron chi connectivity index (χ1n) is 6.12. The van der Waals surface area contributed by atoms with Gasteiger partial charge in [-0.1, -0.05) is 35.9 Å². The molecule has 1 aromatic heterocycles. The SMILES string of the molecule is COCc1ccccc1CNc1cnc(Cl)c(C)c1. The summed E-state index contributed by atoms with van der Waals surface area (Å²) in [5.41, 5.74) is 4.35. The molecule has 1 heterocycles. The number of methoxy groups -OCH3 is 1. The average molecular weight is 277 g/mol. The molecule has 2 aromatic rings. The highest BCUT2D eigenvalue weighted by molar-refractivity contribution is 6.30. The van der Waals surface area contributed by atoms with E-state index < -0.39 is 0 Å². The molecule has 0 saturated heterocycles. The Kier molecular flexibility index (Phi) is 4.77. The summed E-state index contributed by atoms with van der Waals surface area (Å²) in [6.45, 7) is 3.30. The van der Waals surface area contributed by atoms with Crippen molar-refractivity contribution in [3.8, 4) is 0 Å². The van der Waals surface area contributed by atoms with Gasteiger partial charge in [-0.15, -0.1) is 0 Å². The van der Waals surface area contributed by atoms with Gasteiger partial charge in [0.05, 0.1) is 18.5 Å². The Bertz CT molecular complexity index is 558. The second-order valence-electron chi connectivity index (χ2n) is 4.39. The number of hydrogen-bond acceptors (Lipinski definition) is 3. The molecule has 0 unspecified atom stereocenters. The zero-order valence-electron chi connectivity index (χ0n) is 11.1. The number of rotatable bonds is 5. The molecule has 0 aliphatic rings. The van der Waals surface area contributed by atoms with Crippen LogP contribution in [0, 0.1) is 6.92 Å². The molecule has 3 nitrogen and oxygen atoms in total. The quantitative estimate of drug-likeness (QED) is 0.844. The lowest BCUT2D eigenvalue weighted by atomic mass is 10.1. The van der Waals surface area contributed by atoms with Crippen molar-refractivity contribution in [3.05, 3.63) is 58.4 Å². The van der Waals surface area contributed by atoms with E-state index in [0.717, 1.165) is 17.8 Å². The maximum atomic E-state index is 5.91. The van der Waals surface area contributed by atoms with E-state index >= 15 is 0 Å². The largest absolute Gasteiger partial charge is 0.380 e. The van der Waals surface area contributed by atoms with Crippen molar-refractivity contribution in [3.63, 3.8) is 0 Å². The Hall–Kier alpha value is -1.58. The molecule has 0 radical (unpaired) electrons. The van der Waals surface area contributed by atoms with Gasteiger partial charge in [-0.25, -0.2) is 4.98 Å². The first-order valence-corrected chi connectivity index (χ1v) is 6.50. The summed E-state index contributed by atoms with van der Waals surface area (Å²) in [6, 6.07) is 10.2. The fourth-order valence-corrected chi connectivity index (χ4v) is 1.98. The first kappa shape index (κ1) is 13.8. The van der Waals surface area contributed by atoms with Gasteiger partial charge in [0.2, 0.25) is 0 Å². The van der Waals surface area contributed by atoms with Crippen molar-refractivity contribution in [2.24, 2.45) is 0 Å². The van der Waals surface area contributed by atoms with Crippen LogP contribution in [0.2, 0.25) is 5.15 Å². The summed E-state index contributed by atoms with van der Waals surface area (Å²) in [7, 11) is 1.71. The van der Waals surface area contributed by atoms with E-state index in [9.17, 15) is 0 Å². The van der Waals surface area contributed by atoms with Crippen LogP contribution in [-0.2, 0) is 17.9 Å². The molecule has 0 saturated carbocycles. The van der Waals surface area contributed by atoms with E-state index in [1.165, 1.54) is 11.1 Å². The van der Waals surface area contributed by atoms with Crippen molar-refractivity contribution in [2.45, 2.75) is 20.1 Å². The van der Waals surface area contributed by atoms with E-state index in [1.807, 2.05) is 25.1 Å². The van der Waals surface area contributed by atoms with Crippen molar-refractivity contribution < 1.29 is 4.74 Å². The summed E-state index contributed by atoms with van der Waals surface area (Å²) in [5, 5.41) is 3.90. The van der Waals surface area contributed by atoms with Crippen molar-refractivity contribution in [1.29, 1.82) is 0 Å². The molecule has 0 bridgehead atoms. The van der Waals surface area contributed by atoms with Crippen LogP contribution < -0.4 is 5.32 Å². The molecule has 0 atom stereocenters. The van der Waals surface area contributed by atoms with Crippen LogP contribution in [0.4, 0.5) is 5.69 Å². The number of pyridine rings is 1. The van der Waals surface area contributed by atoms with Crippen LogP contribution in [0.1, 0.15) is 16.7 Å². The molecule has 0 spiro atoms. The monoisotopic (exact) mass is 276 g/mol. The van der Waals surface area contributed by atoms with Gasteiger partial charge in [-0.2, -0.15) is 0 Å². The maximum Gasteiger partial charge on any atom is 0.132 e. The van der Waals surface area contributed by atoms with Crippen molar-refractivity contribution in [1.82, 2.24) is 4.98 Å². The molecule has 100 valence electrons. The molecular weight excluding hydrogens is 260 g/mol. The number of nitrogens with zero attached hydrogens (tertiary/aromatic N) is 1. The number of ether oxygens (including phenoxy) is 1. The van der Waals surface area contributed by atoms with E-state index in [2.05, 4.69) is 22.4 Å². The van der Waals surface area contributed by atoms with Crippen LogP contribution in [0.5, 0.6) is 0 Å². The van der Waals surface area contributed by atoms with Gasteiger partial charge >= 0.3 is 0 Å². The third kappa shape index (κ3) is 3.69. The molecule has 2 rings (SSSR count). The summed E-state index contributed by atoms with van der Waals surface area (Å²) < 4.78 is 5.20. The Morgan fingerprint density at radius 1 is 1.26 bits per heavy atom. The maximum absolute atomic E-state index is 5.91. The molecular formula is C15H17ClN2O. The Labute approximate surface area is 118 Å². The third-order valence-electron chi connectivity index (χ3n) is 2.92. The summed E-state index contributed by atoms with van der Waals surface area (Å²) in [5.74, 6) is 0. The van der Waals surface area contributed by atoms with Gasteiger partial charge in [-0.05, 0) is 29.7 Å². The standard InChI is InChI=1S/C15H17ClN2O/c1-11-7-14(9-18-15(11)16)17-8-12-5-3-4-6-13(12)10-19-2/h3-7,9,17H,8,10H2,1-2H3. The van der Waals surface area contributed by atoms with E-state index in [0.29, 0.717) is 11.8 Å². The van der Waals surface area contributed by atoms with Gasteiger partial charge in [0, 0.05) is 13.7 Å². The molecule has 4 heteroatoms. The van der Waals surface area contributed by atoms with E-state index in [1.54, 1.807) is 13.3 Å². The van der Waals surface area contributed by atoms with E-state index in [-0.39, 0.29) is 0 Å². The fourth-order valence-electron chi connectivity index (χ4n) is 1.88. The lowest BCUT2D eigenvalue weighted by Gasteiger charge is -2.11. The molecule has 0 aliphatic carbocycles. The molecule has 0 fully saturated rings. The number of aryl methyl sites for hydroxylation is 1. The third-order valence-corrected chi connectivity index (χ3v) is 3.31. The first-order chi connectivity index (χ1) is 9.20. The van der Waals surface area contributed by atoms with Crippen LogP contribution in [0.25, 0.3) is 0 Å². The predicted octanol–water partition coefficient (Wildman–Crippen LogP) is 3.80. The fraction of sp³-hybridized carbons (Fsp3) is 0.267. The van der Waals surface area contributed by atoms with Gasteiger partial charge in [0.1, 0.15) is 5.15 Å². The van der Waals surface area contributed by atoms with Crippen molar-refractivity contribution >= 4 is 17.3 Å². The zero-order valence-corrected chi connectivity index (χ0v) is 11.9. The molecule has 1 aromatic carbocycles. The summed E-state index contributed by atoms with van der Waals surface area (Å²) in [4.78, 5) is 4.13. The number of aromatic nitrogens is 1. The van der Waals surface area contributed by atoms with Gasteiger partial charge < -0.3 is 10.1 Å². The second kappa shape index (κ2) is 6.55. The molecule has 19 heavy (non-hydrogen) atoms. The van der Waals surface area contributed by atoms with Gasteiger partial charge in [-0.3, -0.25) is 0 Å². The summed E-state index contributed by atoms with van der Waals surface area (Å²) >= 11 is 5.91. The average Bonchev–Trinajstić information content (AvgIpc) is 2.42. The lowest BCUT2D eigenvalue weighted by Crippen LogP contribution is -2.04. The highest BCUT2D eigenvalue weighted by Gasteiger charge is 2.03. The Morgan fingerprint density at radius 2 is 2.00 bits per heavy atom. The van der Waals surface area contributed by atoms with Crippen LogP contribution in [0.15, 0.2) is 36.5 Å². The van der Waals surface area contributed by atoms with Crippen LogP contribution in [0.3, 0.4) is 0 Å². The minimum Gasteiger partial charge on any atom is -0.380 e. The highest BCUT2D eigenvalue weighted by atomic mass is 35.5. The number of nitrogens with one attached hydrogen (secondary N) is 1. The van der Waals surface area contributed by atoms with E-state index in [4.69, 9.17) is 16.3 Å². The number of anilines is 1. The number of hydrogen-bond donors (Lipinski definition) is 1. The molecule has 0 aliphatic heterocycles. The topological polar surface area (TPSA) is 34.1 Å². The lowest BCUT2D eigenvalue weighted by molar-refractivity contribution is 0.184. The predicted molar refractivity (Wildman–Crippen MR) is 78.5 cm³/mol. The Morgan fingerprint density at radius 3 is 2.68 bits per heavy atom. The van der Waals surface area contributed by atoms with Crippen molar-refractivity contribution in [2.75, 3.05) is 12.4 Å². The number of halogens is 1. The highest BCUT2D eigenvalue weighted by Crippen LogP contribution is 2.18. The van der Waals surface area contributed by atoms with Gasteiger partial charge in [0.15, 0.2) is 0 Å².